The Balaban J connectivity index is 1.54. The van der Waals surface area contributed by atoms with E-state index in [0.717, 1.165) is 21.1 Å². The Bertz CT molecular complexity index is 1440. The average Bonchev–Trinajstić information content (AvgIpc) is 3.45. The summed E-state index contributed by atoms with van der Waals surface area (Å²) in [6.45, 7) is 9.10. The number of methoxy groups -OCH3 is 1. The standard InChI is InChI=1S/C27H30N6O3S/c1-15(2)16(3)6-7-21(36-5)25-17(4)8-22(37-25)20-11-30-26-24(32-20)19(10-29-26)27(35)31-12-23(34)33-13-18(9-28)14-33/h6-8,10-11,15,18H,12-14H2,1-5H3,(H,29,30)(H,31,35)/b16-6+,21-7+. The van der Waals surface area contributed by atoms with Gasteiger partial charge in [0.2, 0.25) is 5.91 Å². The minimum atomic E-state index is -0.414. The highest BCUT2D eigenvalue weighted by Gasteiger charge is 2.30. The van der Waals surface area contributed by atoms with Crippen molar-refractivity contribution < 1.29 is 14.3 Å². The Hall–Kier alpha value is -3.97. The van der Waals surface area contributed by atoms with E-state index in [2.05, 4.69) is 48.2 Å². The number of nitrogens with zero attached hydrogens (tertiary/aromatic N) is 4. The largest absolute Gasteiger partial charge is 0.495 e. The van der Waals surface area contributed by atoms with Gasteiger partial charge in [-0.25, -0.2) is 9.97 Å². The Morgan fingerprint density at radius 2 is 2.14 bits per heavy atom. The molecule has 3 aromatic rings. The predicted octanol–water partition coefficient (Wildman–Crippen LogP) is 4.30. The monoisotopic (exact) mass is 518 g/mol. The predicted molar refractivity (Wildman–Crippen MR) is 144 cm³/mol. The number of hydrogen-bond donors (Lipinski definition) is 2. The molecule has 4 rings (SSSR count). The van der Waals surface area contributed by atoms with E-state index < -0.39 is 5.91 Å². The van der Waals surface area contributed by atoms with Gasteiger partial charge < -0.3 is 19.9 Å². The molecule has 0 atom stereocenters. The zero-order valence-electron chi connectivity index (χ0n) is 21.6. The molecule has 192 valence electrons. The number of aromatic amines is 1. The van der Waals surface area contributed by atoms with Crippen LogP contribution in [0, 0.1) is 30.1 Å². The molecule has 9 nitrogen and oxygen atoms in total. The number of nitrogens with one attached hydrogen (secondary N) is 2. The molecule has 3 aromatic heterocycles. The van der Waals surface area contributed by atoms with Crippen LogP contribution in [0.15, 0.2) is 36.2 Å². The van der Waals surface area contributed by atoms with Crippen LogP contribution in [0.4, 0.5) is 0 Å². The number of amides is 2. The van der Waals surface area contributed by atoms with Gasteiger partial charge in [0.15, 0.2) is 5.65 Å². The lowest BCUT2D eigenvalue weighted by atomic mass is 10.0. The fourth-order valence-corrected chi connectivity index (χ4v) is 4.93. The van der Waals surface area contributed by atoms with Gasteiger partial charge in [0.25, 0.3) is 5.91 Å². The zero-order chi connectivity index (χ0) is 26.7. The number of aromatic nitrogens is 3. The highest BCUT2D eigenvalue weighted by Crippen LogP contribution is 2.35. The van der Waals surface area contributed by atoms with E-state index in [1.165, 1.54) is 5.57 Å². The summed E-state index contributed by atoms with van der Waals surface area (Å²) < 4.78 is 5.68. The number of thiophene rings is 1. The Morgan fingerprint density at radius 3 is 2.81 bits per heavy atom. The molecular weight excluding hydrogens is 488 g/mol. The second-order valence-corrected chi connectivity index (χ2v) is 10.4. The van der Waals surface area contributed by atoms with Crippen molar-refractivity contribution >= 4 is 40.1 Å². The summed E-state index contributed by atoms with van der Waals surface area (Å²) in [4.78, 5) is 40.7. The van der Waals surface area contributed by atoms with Gasteiger partial charge in [-0.2, -0.15) is 5.26 Å². The van der Waals surface area contributed by atoms with Crippen molar-refractivity contribution in [3.63, 3.8) is 0 Å². The van der Waals surface area contributed by atoms with E-state index in [4.69, 9.17) is 15.0 Å². The van der Waals surface area contributed by atoms with Crippen LogP contribution in [-0.2, 0) is 9.53 Å². The molecule has 37 heavy (non-hydrogen) atoms. The molecule has 0 aliphatic carbocycles. The fraction of sp³-hybridized carbons (Fsp3) is 0.370. The van der Waals surface area contributed by atoms with Crippen LogP contribution >= 0.6 is 11.3 Å². The normalized spacial score (nSPS) is 14.6. The van der Waals surface area contributed by atoms with Crippen LogP contribution in [0.1, 0.15) is 41.6 Å². The van der Waals surface area contributed by atoms with Gasteiger partial charge in [0.1, 0.15) is 11.3 Å². The SMILES string of the molecule is CO/C(=C/C=C(\C)C(C)C)c1sc(-c2cnc3[nH]cc(C(=O)NCC(=O)N4CC(C#N)C4)c3n2)cc1C. The van der Waals surface area contributed by atoms with Crippen LogP contribution in [0.5, 0.6) is 0 Å². The molecule has 1 fully saturated rings. The number of aryl methyl sites for hydroxylation is 1. The van der Waals surface area contributed by atoms with Crippen molar-refractivity contribution in [1.29, 1.82) is 5.26 Å². The van der Waals surface area contributed by atoms with Crippen molar-refractivity contribution in [1.82, 2.24) is 25.2 Å². The Morgan fingerprint density at radius 1 is 1.38 bits per heavy atom. The molecule has 0 radical (unpaired) electrons. The maximum absolute atomic E-state index is 12.8. The average molecular weight is 519 g/mol. The van der Waals surface area contributed by atoms with Gasteiger partial charge in [-0.05, 0) is 37.5 Å². The third-order valence-electron chi connectivity index (χ3n) is 6.46. The maximum Gasteiger partial charge on any atom is 0.255 e. The lowest BCUT2D eigenvalue weighted by molar-refractivity contribution is -0.135. The first kappa shape index (κ1) is 26.1. The minimum Gasteiger partial charge on any atom is -0.495 e. The molecule has 1 saturated heterocycles. The van der Waals surface area contributed by atoms with Gasteiger partial charge in [0.05, 0.1) is 52.9 Å². The summed E-state index contributed by atoms with van der Waals surface area (Å²) in [5.74, 6) is 0.475. The van der Waals surface area contributed by atoms with Gasteiger partial charge in [-0.1, -0.05) is 25.5 Å². The number of nitriles is 1. The van der Waals surface area contributed by atoms with Crippen LogP contribution in [0.2, 0.25) is 0 Å². The number of rotatable bonds is 8. The van der Waals surface area contributed by atoms with E-state index in [1.807, 2.05) is 19.1 Å². The molecule has 0 aromatic carbocycles. The van der Waals surface area contributed by atoms with Crippen molar-refractivity contribution in [3.8, 4) is 16.6 Å². The van der Waals surface area contributed by atoms with Gasteiger partial charge in [-0.3, -0.25) is 9.59 Å². The minimum absolute atomic E-state index is 0.126. The molecule has 10 heteroatoms. The summed E-state index contributed by atoms with van der Waals surface area (Å²) in [7, 11) is 1.66. The van der Waals surface area contributed by atoms with E-state index in [1.54, 1.807) is 35.7 Å². The van der Waals surface area contributed by atoms with Crippen LogP contribution in [-0.4, -0.2) is 58.4 Å². The lowest BCUT2D eigenvalue weighted by Gasteiger charge is -2.35. The van der Waals surface area contributed by atoms with Crippen molar-refractivity contribution in [2.24, 2.45) is 11.8 Å². The highest BCUT2D eigenvalue weighted by molar-refractivity contribution is 7.16. The zero-order valence-corrected chi connectivity index (χ0v) is 22.4. The third kappa shape index (κ3) is 5.57. The summed E-state index contributed by atoms with van der Waals surface area (Å²) >= 11 is 1.55. The summed E-state index contributed by atoms with van der Waals surface area (Å²) in [5, 5.41) is 11.5. The molecule has 2 N–H and O–H groups in total. The molecule has 4 heterocycles. The molecule has 0 spiro atoms. The first-order chi connectivity index (χ1) is 17.7. The van der Waals surface area contributed by atoms with Crippen molar-refractivity contribution in [2.45, 2.75) is 27.7 Å². The van der Waals surface area contributed by atoms with Gasteiger partial charge >= 0.3 is 0 Å². The summed E-state index contributed by atoms with van der Waals surface area (Å²) in [5.41, 5.74) is 4.19. The van der Waals surface area contributed by atoms with Crippen LogP contribution in [0.3, 0.4) is 0 Å². The number of likely N-dealkylation sites (tertiary alicyclic amines) is 1. The van der Waals surface area contributed by atoms with Gasteiger partial charge in [-0.15, -0.1) is 11.3 Å². The number of hydrogen-bond acceptors (Lipinski definition) is 7. The maximum atomic E-state index is 12.8. The fourth-order valence-electron chi connectivity index (χ4n) is 3.80. The summed E-state index contributed by atoms with van der Waals surface area (Å²) in [6, 6.07) is 4.17. The van der Waals surface area contributed by atoms with Gasteiger partial charge in [0, 0.05) is 19.3 Å². The number of H-pyrrole nitrogens is 1. The van der Waals surface area contributed by atoms with Crippen LogP contribution in [0.25, 0.3) is 27.5 Å². The molecule has 2 amide bonds. The van der Waals surface area contributed by atoms with E-state index in [0.29, 0.717) is 41.4 Å². The molecule has 0 saturated carbocycles. The first-order valence-electron chi connectivity index (χ1n) is 12.0. The quantitative estimate of drug-likeness (QED) is 0.339. The molecule has 0 unspecified atom stereocenters. The second-order valence-electron chi connectivity index (χ2n) is 9.39. The second kappa shape index (κ2) is 11.0. The topological polar surface area (TPSA) is 124 Å². The van der Waals surface area contributed by atoms with Crippen LogP contribution < -0.4 is 5.32 Å². The molecule has 1 aliphatic heterocycles. The summed E-state index contributed by atoms with van der Waals surface area (Å²) in [6.07, 6.45) is 7.29. The number of fused-ring (bicyclic) bond motifs is 1. The molecular formula is C27H30N6O3S. The van der Waals surface area contributed by atoms with Crippen molar-refractivity contribution in [2.75, 3.05) is 26.7 Å². The molecule has 1 aliphatic rings. The Labute approximate surface area is 219 Å². The first-order valence-corrected chi connectivity index (χ1v) is 12.9. The number of allylic oxidation sites excluding steroid dienone is 3. The Kier molecular flexibility index (Phi) is 7.74. The lowest BCUT2D eigenvalue weighted by Crippen LogP contribution is -2.52. The highest BCUT2D eigenvalue weighted by atomic mass is 32.1. The molecule has 0 bridgehead atoms. The number of ether oxygens (including phenoxy) is 1. The van der Waals surface area contributed by atoms with E-state index in [9.17, 15) is 9.59 Å². The smallest absolute Gasteiger partial charge is 0.255 e. The van der Waals surface area contributed by atoms with Crippen molar-refractivity contribution in [3.05, 3.63) is 52.2 Å². The third-order valence-corrected chi connectivity index (χ3v) is 7.74. The number of carbonyl (C=O) groups excluding carboxylic acids is 2. The van der Waals surface area contributed by atoms with E-state index in [-0.39, 0.29) is 18.4 Å². The number of carbonyl (C=O) groups is 2. The van der Waals surface area contributed by atoms with E-state index >= 15 is 0 Å².